The van der Waals surface area contributed by atoms with Crippen molar-refractivity contribution in [2.45, 2.75) is 25.9 Å². The van der Waals surface area contributed by atoms with Gasteiger partial charge in [-0.05, 0) is 13.3 Å². The minimum Gasteiger partial charge on any atom is -0.393 e. The van der Waals surface area contributed by atoms with E-state index in [0.29, 0.717) is 24.6 Å². The van der Waals surface area contributed by atoms with Crippen LogP contribution in [0.4, 0.5) is 0 Å². The van der Waals surface area contributed by atoms with Gasteiger partial charge < -0.3 is 9.63 Å². The Labute approximate surface area is 90.8 Å². The topological polar surface area (TPSA) is 72.0 Å². The van der Waals surface area contributed by atoms with Gasteiger partial charge >= 0.3 is 0 Å². The molecule has 15 heavy (non-hydrogen) atoms. The molecule has 5 nitrogen and oxygen atoms in total. The lowest BCUT2D eigenvalue weighted by atomic mass is 10.2. The Kier molecular flexibility index (Phi) is 3.08. The summed E-state index contributed by atoms with van der Waals surface area (Å²) in [6.45, 7) is 1.74. The molecule has 0 aliphatic heterocycles. The number of hydrogen-bond acceptors (Lipinski definition) is 6. The Bertz CT molecular complexity index is 411. The highest BCUT2D eigenvalue weighted by Crippen LogP contribution is 2.19. The fraction of sp³-hybridized carbons (Fsp3) is 0.444. The molecule has 2 aromatic heterocycles. The van der Waals surface area contributed by atoms with Crippen molar-refractivity contribution in [3.05, 3.63) is 17.6 Å². The van der Waals surface area contributed by atoms with E-state index in [0.717, 1.165) is 4.88 Å². The molecule has 1 unspecified atom stereocenters. The first kappa shape index (κ1) is 10.3. The van der Waals surface area contributed by atoms with Crippen LogP contribution in [-0.4, -0.2) is 26.3 Å². The number of aromatic nitrogens is 3. The van der Waals surface area contributed by atoms with E-state index in [9.17, 15) is 0 Å². The van der Waals surface area contributed by atoms with Gasteiger partial charge in [0.1, 0.15) is 0 Å². The number of nitrogens with zero attached hydrogens (tertiary/aromatic N) is 3. The molecule has 0 radical (unpaired) electrons. The zero-order chi connectivity index (χ0) is 10.7. The number of rotatable bonds is 4. The number of hydrogen-bond donors (Lipinski definition) is 1. The lowest BCUT2D eigenvalue weighted by Gasteiger charge is -1.97. The molecule has 2 rings (SSSR count). The van der Waals surface area contributed by atoms with Gasteiger partial charge in [0.05, 0.1) is 16.5 Å². The lowest BCUT2D eigenvalue weighted by molar-refractivity contribution is 0.180. The van der Waals surface area contributed by atoms with Crippen LogP contribution in [0, 0.1) is 0 Å². The van der Waals surface area contributed by atoms with Gasteiger partial charge in [0.25, 0.3) is 0 Å². The highest BCUT2D eigenvalue weighted by atomic mass is 32.1. The Morgan fingerprint density at radius 2 is 2.47 bits per heavy atom. The molecule has 2 aromatic rings. The van der Waals surface area contributed by atoms with Gasteiger partial charge in [0, 0.05) is 12.6 Å². The summed E-state index contributed by atoms with van der Waals surface area (Å²) in [7, 11) is 0. The molecule has 0 saturated heterocycles. The van der Waals surface area contributed by atoms with Gasteiger partial charge in [-0.3, -0.25) is 4.98 Å². The van der Waals surface area contributed by atoms with Crippen molar-refractivity contribution in [3.8, 4) is 10.7 Å². The molecule has 0 amide bonds. The first-order valence-corrected chi connectivity index (χ1v) is 5.53. The molecular formula is C9H11N3O2S. The smallest absolute Gasteiger partial charge is 0.227 e. The minimum absolute atomic E-state index is 0.344. The number of aliphatic hydroxyl groups is 1. The van der Waals surface area contributed by atoms with Crippen molar-refractivity contribution in [1.82, 2.24) is 15.1 Å². The largest absolute Gasteiger partial charge is 0.393 e. The van der Waals surface area contributed by atoms with E-state index in [4.69, 9.17) is 9.63 Å². The van der Waals surface area contributed by atoms with Crippen molar-refractivity contribution < 1.29 is 9.63 Å². The van der Waals surface area contributed by atoms with Crippen LogP contribution in [0.3, 0.4) is 0 Å². The second-order valence-electron chi connectivity index (χ2n) is 3.27. The minimum atomic E-state index is -0.344. The fourth-order valence-electron chi connectivity index (χ4n) is 1.12. The molecule has 0 saturated carbocycles. The molecular weight excluding hydrogens is 214 g/mol. The average molecular weight is 225 g/mol. The van der Waals surface area contributed by atoms with Crippen molar-refractivity contribution in [3.63, 3.8) is 0 Å². The van der Waals surface area contributed by atoms with E-state index >= 15 is 0 Å². The Morgan fingerprint density at radius 3 is 3.13 bits per heavy atom. The monoisotopic (exact) mass is 225 g/mol. The standard InChI is InChI=1S/C9H11N3O2S/c1-6(13)2-3-8-11-9(12-14-8)7-4-10-5-15-7/h4-6,13H,2-3H2,1H3. The molecule has 0 spiro atoms. The van der Waals surface area contributed by atoms with Crippen LogP contribution in [0.2, 0.25) is 0 Å². The zero-order valence-electron chi connectivity index (χ0n) is 8.25. The SMILES string of the molecule is CC(O)CCc1nc(-c2cncs2)no1. The molecule has 1 N–H and O–H groups in total. The highest BCUT2D eigenvalue weighted by molar-refractivity contribution is 7.13. The average Bonchev–Trinajstić information content (AvgIpc) is 2.85. The molecule has 6 heteroatoms. The van der Waals surface area contributed by atoms with Gasteiger partial charge in [-0.2, -0.15) is 4.98 Å². The normalized spacial score (nSPS) is 12.9. The lowest BCUT2D eigenvalue weighted by Crippen LogP contribution is -2.01. The third kappa shape index (κ3) is 2.60. The molecule has 0 aliphatic rings. The predicted octanol–water partition coefficient (Wildman–Crippen LogP) is 1.51. The summed E-state index contributed by atoms with van der Waals surface area (Å²) in [4.78, 5) is 9.04. The molecule has 2 heterocycles. The van der Waals surface area contributed by atoms with Crippen LogP contribution >= 0.6 is 11.3 Å². The van der Waals surface area contributed by atoms with E-state index in [1.807, 2.05) is 0 Å². The quantitative estimate of drug-likeness (QED) is 0.853. The Hall–Kier alpha value is -1.27. The summed E-state index contributed by atoms with van der Waals surface area (Å²) in [5.41, 5.74) is 1.72. The van der Waals surface area contributed by atoms with E-state index < -0.39 is 0 Å². The zero-order valence-corrected chi connectivity index (χ0v) is 9.07. The second kappa shape index (κ2) is 4.50. The first-order valence-electron chi connectivity index (χ1n) is 4.65. The van der Waals surface area contributed by atoms with Gasteiger partial charge in [0.15, 0.2) is 0 Å². The maximum Gasteiger partial charge on any atom is 0.227 e. The maximum absolute atomic E-state index is 9.11. The van der Waals surface area contributed by atoms with Crippen LogP contribution in [0.5, 0.6) is 0 Å². The third-order valence-electron chi connectivity index (χ3n) is 1.90. The van der Waals surface area contributed by atoms with Crippen molar-refractivity contribution in [1.29, 1.82) is 0 Å². The highest BCUT2D eigenvalue weighted by Gasteiger charge is 2.10. The first-order chi connectivity index (χ1) is 7.25. The van der Waals surface area contributed by atoms with Gasteiger partial charge in [-0.1, -0.05) is 5.16 Å². The molecule has 1 atom stereocenters. The maximum atomic E-state index is 9.11. The summed E-state index contributed by atoms with van der Waals surface area (Å²) in [5, 5.41) is 12.9. The van der Waals surface area contributed by atoms with Crippen LogP contribution in [0.25, 0.3) is 10.7 Å². The Morgan fingerprint density at radius 1 is 1.60 bits per heavy atom. The Balaban J connectivity index is 2.04. The summed E-state index contributed by atoms with van der Waals surface area (Å²) in [5.74, 6) is 1.12. The summed E-state index contributed by atoms with van der Waals surface area (Å²) >= 11 is 1.47. The summed E-state index contributed by atoms with van der Waals surface area (Å²) in [6, 6.07) is 0. The number of aryl methyl sites for hydroxylation is 1. The van der Waals surface area contributed by atoms with Crippen LogP contribution in [0.15, 0.2) is 16.2 Å². The van der Waals surface area contributed by atoms with Crippen LogP contribution in [0.1, 0.15) is 19.2 Å². The molecule has 80 valence electrons. The van der Waals surface area contributed by atoms with E-state index in [1.165, 1.54) is 11.3 Å². The van der Waals surface area contributed by atoms with Crippen molar-refractivity contribution >= 4 is 11.3 Å². The second-order valence-corrected chi connectivity index (χ2v) is 4.15. The number of aliphatic hydroxyl groups excluding tert-OH is 1. The van der Waals surface area contributed by atoms with Crippen LogP contribution < -0.4 is 0 Å². The van der Waals surface area contributed by atoms with Crippen molar-refractivity contribution in [2.75, 3.05) is 0 Å². The number of thiazole rings is 1. The summed E-state index contributed by atoms with van der Waals surface area (Å²) < 4.78 is 5.05. The molecule has 0 aliphatic carbocycles. The van der Waals surface area contributed by atoms with Gasteiger partial charge in [-0.15, -0.1) is 11.3 Å². The van der Waals surface area contributed by atoms with Gasteiger partial charge in [0.2, 0.25) is 11.7 Å². The molecule has 0 bridgehead atoms. The van der Waals surface area contributed by atoms with Crippen LogP contribution in [-0.2, 0) is 6.42 Å². The van der Waals surface area contributed by atoms with E-state index in [-0.39, 0.29) is 6.10 Å². The van der Waals surface area contributed by atoms with Crippen molar-refractivity contribution in [2.24, 2.45) is 0 Å². The summed E-state index contributed by atoms with van der Waals surface area (Å²) in [6.07, 6.45) is 2.59. The van der Waals surface area contributed by atoms with Gasteiger partial charge in [-0.25, -0.2) is 0 Å². The molecule has 0 fully saturated rings. The molecule has 0 aromatic carbocycles. The predicted molar refractivity (Wildman–Crippen MR) is 55.4 cm³/mol. The third-order valence-corrected chi connectivity index (χ3v) is 2.67. The fourth-order valence-corrected chi connectivity index (χ4v) is 1.66. The van der Waals surface area contributed by atoms with E-state index in [2.05, 4.69) is 15.1 Å². The van der Waals surface area contributed by atoms with E-state index in [1.54, 1.807) is 18.6 Å².